The highest BCUT2D eigenvalue weighted by molar-refractivity contribution is 7.90. The molecule has 0 saturated carbocycles. The third kappa shape index (κ3) is 7.40. The molecule has 0 unspecified atom stereocenters. The van der Waals surface area contributed by atoms with E-state index in [2.05, 4.69) is 44.6 Å². The molecule has 0 bridgehead atoms. The van der Waals surface area contributed by atoms with Gasteiger partial charge in [-0.15, -0.1) is 0 Å². The lowest BCUT2D eigenvalue weighted by molar-refractivity contribution is -0.170. The number of nitrogens with one attached hydrogen (secondary N) is 1. The van der Waals surface area contributed by atoms with Crippen LogP contribution in [-0.2, 0) is 32.5 Å². The third-order valence-corrected chi connectivity index (χ3v) is 7.76. The first-order valence-electron chi connectivity index (χ1n) is 13.4. The van der Waals surface area contributed by atoms with E-state index in [9.17, 15) is 8.42 Å². The van der Waals surface area contributed by atoms with Crippen LogP contribution in [0, 0.1) is 0 Å². The molecule has 5 rings (SSSR count). The molecule has 0 aliphatic carbocycles. The molecule has 12 heteroatoms. The first kappa shape index (κ1) is 28.5. The molecule has 0 fully saturated rings. The predicted molar refractivity (Wildman–Crippen MR) is 159 cm³/mol. The highest BCUT2D eigenvalue weighted by Crippen LogP contribution is 2.30. The van der Waals surface area contributed by atoms with Gasteiger partial charge in [0.25, 0.3) is 0 Å². The summed E-state index contributed by atoms with van der Waals surface area (Å²) in [6.45, 7) is 2.78. The van der Waals surface area contributed by atoms with Crippen LogP contribution in [0.4, 0.5) is 11.5 Å². The number of nitrogens with zero attached hydrogens (tertiary/aromatic N) is 6. The smallest absolute Gasteiger partial charge is 0.214 e. The van der Waals surface area contributed by atoms with Crippen molar-refractivity contribution in [3.8, 4) is 0 Å². The van der Waals surface area contributed by atoms with E-state index in [0.717, 1.165) is 40.8 Å². The Hall–Kier alpha value is -4.00. The van der Waals surface area contributed by atoms with Crippen LogP contribution in [0.1, 0.15) is 23.2 Å². The summed E-state index contributed by atoms with van der Waals surface area (Å²) in [4.78, 5) is 17.0. The zero-order valence-electron chi connectivity index (χ0n) is 23.5. The molecule has 4 aromatic rings. The van der Waals surface area contributed by atoms with E-state index in [1.54, 1.807) is 12.2 Å². The summed E-state index contributed by atoms with van der Waals surface area (Å²) in [5.74, 6) is 1.37. The fourth-order valence-corrected chi connectivity index (χ4v) is 5.26. The zero-order valence-corrected chi connectivity index (χ0v) is 24.3. The molecule has 0 amide bonds. The van der Waals surface area contributed by atoms with Gasteiger partial charge in [-0.1, -0.05) is 30.3 Å². The van der Waals surface area contributed by atoms with E-state index in [1.807, 2.05) is 53.2 Å². The largest absolute Gasteiger partial charge is 0.481 e. The average Bonchev–Trinajstić information content (AvgIpc) is 3.35. The molecule has 1 aliphatic heterocycles. The normalized spacial score (nSPS) is 13.4. The minimum atomic E-state index is -2.98. The van der Waals surface area contributed by atoms with Gasteiger partial charge in [-0.3, -0.25) is 9.52 Å². The van der Waals surface area contributed by atoms with E-state index >= 15 is 0 Å². The van der Waals surface area contributed by atoms with Gasteiger partial charge in [-0.25, -0.2) is 23.4 Å². The van der Waals surface area contributed by atoms with Gasteiger partial charge in [0.1, 0.15) is 22.0 Å². The fraction of sp³-hybridized carbons (Fsp3) is 0.345. The molecule has 3 heterocycles. The number of anilines is 2. The second-order valence-corrected chi connectivity index (χ2v) is 12.4. The lowest BCUT2D eigenvalue weighted by atomic mass is 10.1. The molecular weight excluding hydrogens is 542 g/mol. The summed E-state index contributed by atoms with van der Waals surface area (Å²) < 4.78 is 30.4. The topological polar surface area (TPSA) is 115 Å². The van der Waals surface area contributed by atoms with Crippen LogP contribution in [-0.4, -0.2) is 84.0 Å². The Labute approximate surface area is 240 Å². The first-order valence-corrected chi connectivity index (χ1v) is 15.5. The number of methoxy groups -OCH3 is 1. The minimum Gasteiger partial charge on any atom is -0.481 e. The van der Waals surface area contributed by atoms with Gasteiger partial charge in [0.2, 0.25) is 5.88 Å². The maximum absolute atomic E-state index is 11.4. The van der Waals surface area contributed by atoms with Crippen LogP contribution >= 0.6 is 0 Å². The van der Waals surface area contributed by atoms with E-state index in [-0.39, 0.29) is 5.75 Å². The van der Waals surface area contributed by atoms with E-state index in [0.29, 0.717) is 37.9 Å². The zero-order chi connectivity index (χ0) is 28.8. The minimum absolute atomic E-state index is 0.144. The SMILES string of the molecule is COC1=Cc2c(ncnc2Nc2ccc3c(cnn3Cc3ccccc3)c2)CN1OCCCN(C)CCS(C)(=O)=O. The molecule has 0 radical (unpaired) electrons. The lowest BCUT2D eigenvalue weighted by Gasteiger charge is -2.29. The van der Waals surface area contributed by atoms with Gasteiger partial charge in [-0.05, 0) is 37.2 Å². The maximum atomic E-state index is 11.4. The Balaban J connectivity index is 1.23. The van der Waals surface area contributed by atoms with Crippen molar-refractivity contribution in [2.75, 3.05) is 51.2 Å². The lowest BCUT2D eigenvalue weighted by Crippen LogP contribution is -2.30. The van der Waals surface area contributed by atoms with Crippen molar-refractivity contribution in [3.05, 3.63) is 83.8 Å². The maximum Gasteiger partial charge on any atom is 0.214 e. The molecule has 1 aliphatic rings. The van der Waals surface area contributed by atoms with Crippen molar-refractivity contribution >= 4 is 38.3 Å². The second kappa shape index (κ2) is 12.7. The quantitative estimate of drug-likeness (QED) is 0.236. The Kier molecular flexibility index (Phi) is 8.81. The molecule has 1 N–H and O–H groups in total. The van der Waals surface area contributed by atoms with Crippen molar-refractivity contribution in [1.82, 2.24) is 29.7 Å². The van der Waals surface area contributed by atoms with E-state index in [1.165, 1.54) is 18.1 Å². The number of benzene rings is 2. The van der Waals surface area contributed by atoms with Crippen LogP contribution in [0.3, 0.4) is 0 Å². The van der Waals surface area contributed by atoms with Crippen molar-refractivity contribution < 1.29 is 18.0 Å². The molecule has 0 spiro atoms. The highest BCUT2D eigenvalue weighted by atomic mass is 32.2. The summed E-state index contributed by atoms with van der Waals surface area (Å²) >= 11 is 0. The summed E-state index contributed by atoms with van der Waals surface area (Å²) in [6.07, 6.45) is 7.28. The molecule has 0 atom stereocenters. The monoisotopic (exact) mass is 577 g/mol. The number of ether oxygens (including phenoxy) is 1. The number of aromatic nitrogens is 4. The molecule has 41 heavy (non-hydrogen) atoms. The van der Waals surface area contributed by atoms with Crippen molar-refractivity contribution in [2.24, 2.45) is 0 Å². The van der Waals surface area contributed by atoms with Gasteiger partial charge >= 0.3 is 0 Å². The second-order valence-electron chi connectivity index (χ2n) is 10.1. The summed E-state index contributed by atoms with van der Waals surface area (Å²) in [5, 5.41) is 10.7. The molecule has 216 valence electrons. The first-order chi connectivity index (χ1) is 19.8. The van der Waals surface area contributed by atoms with Gasteiger partial charge in [0.15, 0.2) is 0 Å². The Morgan fingerprint density at radius 2 is 1.93 bits per heavy atom. The van der Waals surface area contributed by atoms with E-state index in [4.69, 9.17) is 9.57 Å². The summed E-state index contributed by atoms with van der Waals surface area (Å²) in [5.41, 5.74) is 4.79. The highest BCUT2D eigenvalue weighted by Gasteiger charge is 2.24. The predicted octanol–water partition coefficient (Wildman–Crippen LogP) is 3.68. The molecule has 11 nitrogen and oxygen atoms in total. The molecule has 2 aromatic carbocycles. The fourth-order valence-electron chi connectivity index (χ4n) is 4.62. The molecule has 2 aromatic heterocycles. The van der Waals surface area contributed by atoms with Gasteiger partial charge in [0.05, 0.1) is 50.0 Å². The van der Waals surface area contributed by atoms with Crippen molar-refractivity contribution in [2.45, 2.75) is 19.5 Å². The van der Waals surface area contributed by atoms with Gasteiger partial charge < -0.3 is 15.0 Å². The Bertz CT molecular complexity index is 1620. The van der Waals surface area contributed by atoms with Crippen molar-refractivity contribution in [3.63, 3.8) is 0 Å². The standard InChI is InChI=1S/C29H35N7O4S/c1-34(13-15-41(3,37)38)12-7-14-40-36-20-26-25(17-28(36)39-2)29(31-21-30-26)33-24-10-11-27-23(16-24)18-32-35(27)19-22-8-5-4-6-9-22/h4-6,8-11,16-18,21H,7,12-15,19-20H2,1-3H3,(H,30,31,33). The number of sulfone groups is 1. The van der Waals surface area contributed by atoms with Gasteiger partial charge in [0, 0.05) is 42.1 Å². The summed E-state index contributed by atoms with van der Waals surface area (Å²) in [6, 6.07) is 16.4. The number of hydroxylamine groups is 2. The van der Waals surface area contributed by atoms with Crippen molar-refractivity contribution in [1.29, 1.82) is 0 Å². The molecular formula is C29H35N7O4S. The Morgan fingerprint density at radius 3 is 2.71 bits per heavy atom. The number of hydrogen-bond acceptors (Lipinski definition) is 10. The van der Waals surface area contributed by atoms with E-state index < -0.39 is 9.84 Å². The van der Waals surface area contributed by atoms with Gasteiger partial charge in [-0.2, -0.15) is 5.10 Å². The Morgan fingerprint density at radius 1 is 1.10 bits per heavy atom. The number of fused-ring (bicyclic) bond motifs is 2. The summed E-state index contributed by atoms with van der Waals surface area (Å²) in [7, 11) is 0.531. The molecule has 0 saturated heterocycles. The average molecular weight is 578 g/mol. The van der Waals surface area contributed by atoms with Crippen LogP contribution in [0.2, 0.25) is 0 Å². The van der Waals surface area contributed by atoms with Crippen LogP contribution < -0.4 is 5.32 Å². The number of hydrogen-bond donors (Lipinski definition) is 1. The van der Waals surface area contributed by atoms with Crippen LogP contribution in [0.15, 0.2) is 66.9 Å². The van der Waals surface area contributed by atoms with Crippen LogP contribution in [0.5, 0.6) is 0 Å². The number of rotatable bonds is 13. The third-order valence-electron chi connectivity index (χ3n) is 6.84. The van der Waals surface area contributed by atoms with Crippen LogP contribution in [0.25, 0.3) is 17.0 Å².